The van der Waals surface area contributed by atoms with Gasteiger partial charge in [0, 0.05) is 28.6 Å². The van der Waals surface area contributed by atoms with Crippen molar-refractivity contribution in [1.82, 2.24) is 9.88 Å². The number of piperidine rings is 1. The van der Waals surface area contributed by atoms with Crippen LogP contribution in [0.3, 0.4) is 0 Å². The van der Waals surface area contributed by atoms with Crippen molar-refractivity contribution in [2.75, 3.05) is 6.54 Å². The monoisotopic (exact) mass is 320 g/mol. The van der Waals surface area contributed by atoms with E-state index in [1.807, 2.05) is 0 Å². The molecule has 1 aliphatic heterocycles. The molecule has 3 heteroatoms. The number of hydrogen-bond acceptors (Lipinski definition) is 1. The Hall–Kier alpha value is -0.800. The molecule has 1 unspecified atom stereocenters. The summed E-state index contributed by atoms with van der Waals surface area (Å²) in [5.41, 5.74) is 5.46. The van der Waals surface area contributed by atoms with Crippen molar-refractivity contribution in [2.45, 2.75) is 39.2 Å². The predicted octanol–water partition coefficient (Wildman–Crippen LogP) is 4.37. The molecule has 2 nitrogen and oxygen atoms in total. The molecule has 1 N–H and O–H groups in total. The van der Waals surface area contributed by atoms with Crippen molar-refractivity contribution in [3.8, 4) is 0 Å². The number of rotatable bonds is 1. The molecule has 0 saturated carbocycles. The van der Waals surface area contributed by atoms with Crippen molar-refractivity contribution < 1.29 is 0 Å². The third-order valence-corrected chi connectivity index (χ3v) is 5.08. The molecule has 0 amide bonds. The molecule has 1 saturated heterocycles. The molecule has 3 rings (SSSR count). The number of benzene rings is 1. The number of nitrogens with zero attached hydrogens (tertiary/aromatic N) is 1. The van der Waals surface area contributed by atoms with E-state index in [-0.39, 0.29) is 0 Å². The normalized spacial score (nSPS) is 20.1. The highest BCUT2D eigenvalue weighted by molar-refractivity contribution is 9.10. The van der Waals surface area contributed by atoms with Gasteiger partial charge in [-0.1, -0.05) is 18.1 Å². The molecule has 0 bridgehead atoms. The summed E-state index contributed by atoms with van der Waals surface area (Å²) >= 11 is 3.85. The Morgan fingerprint density at radius 1 is 1.26 bits per heavy atom. The maximum atomic E-state index is 3.85. The van der Waals surface area contributed by atoms with Gasteiger partial charge in [0.1, 0.15) is 0 Å². The Labute approximate surface area is 123 Å². The fourth-order valence-corrected chi connectivity index (χ4v) is 4.29. The molecule has 1 aliphatic rings. The molecule has 2 heterocycles. The first-order valence-electron chi connectivity index (χ1n) is 7.08. The number of aromatic nitrogens is 1. The van der Waals surface area contributed by atoms with Crippen LogP contribution in [0.1, 0.15) is 42.1 Å². The molecule has 102 valence electrons. The molecule has 2 aromatic rings. The Morgan fingerprint density at radius 3 is 2.74 bits per heavy atom. The minimum atomic E-state index is 0.486. The molecule has 0 spiro atoms. The third kappa shape index (κ3) is 2.13. The summed E-state index contributed by atoms with van der Waals surface area (Å²) in [6.45, 7) is 5.51. The average molecular weight is 321 g/mol. The van der Waals surface area contributed by atoms with Gasteiger partial charge in [-0.2, -0.15) is 0 Å². The number of hydrogen-bond donors (Lipinski definition) is 1. The summed E-state index contributed by atoms with van der Waals surface area (Å²) < 4.78 is 3.65. The maximum absolute atomic E-state index is 3.85. The number of aryl methyl sites for hydroxylation is 3. The van der Waals surface area contributed by atoms with Crippen LogP contribution in [-0.4, -0.2) is 11.1 Å². The van der Waals surface area contributed by atoms with Gasteiger partial charge < -0.3 is 9.88 Å². The number of nitrogens with one attached hydrogen (secondary N) is 1. The summed E-state index contributed by atoms with van der Waals surface area (Å²) in [7, 11) is 2.20. The molecule has 0 aliphatic carbocycles. The van der Waals surface area contributed by atoms with E-state index in [1.54, 1.807) is 0 Å². The predicted molar refractivity (Wildman–Crippen MR) is 84.7 cm³/mol. The van der Waals surface area contributed by atoms with Crippen LogP contribution in [0.2, 0.25) is 0 Å². The first kappa shape index (κ1) is 13.2. The van der Waals surface area contributed by atoms with E-state index in [9.17, 15) is 0 Å². The SMILES string of the molecule is Cc1cc(C)c2c(c1)c(Br)c(C1CCCCN1)n2C. The maximum Gasteiger partial charge on any atom is 0.0522 e. The largest absolute Gasteiger partial charge is 0.345 e. The van der Waals surface area contributed by atoms with Gasteiger partial charge in [0.05, 0.1) is 5.52 Å². The van der Waals surface area contributed by atoms with Crippen molar-refractivity contribution in [3.63, 3.8) is 0 Å². The van der Waals surface area contributed by atoms with Gasteiger partial charge in [-0.05, 0) is 60.8 Å². The lowest BCUT2D eigenvalue weighted by atomic mass is 10.0. The topological polar surface area (TPSA) is 17.0 Å². The van der Waals surface area contributed by atoms with E-state index in [1.165, 1.54) is 51.5 Å². The van der Waals surface area contributed by atoms with Gasteiger partial charge in [0.2, 0.25) is 0 Å². The van der Waals surface area contributed by atoms with Crippen LogP contribution in [0.5, 0.6) is 0 Å². The second-order valence-electron chi connectivity index (χ2n) is 5.74. The lowest BCUT2D eigenvalue weighted by Crippen LogP contribution is -2.28. The van der Waals surface area contributed by atoms with Crippen molar-refractivity contribution in [1.29, 1.82) is 0 Å². The van der Waals surface area contributed by atoms with Gasteiger partial charge >= 0.3 is 0 Å². The first-order valence-corrected chi connectivity index (χ1v) is 7.87. The Kier molecular flexibility index (Phi) is 3.44. The lowest BCUT2D eigenvalue weighted by molar-refractivity contribution is 0.398. The zero-order chi connectivity index (χ0) is 13.6. The summed E-state index contributed by atoms with van der Waals surface area (Å²) in [6, 6.07) is 5.05. The minimum Gasteiger partial charge on any atom is -0.345 e. The molecular formula is C16H21BrN2. The molecule has 0 radical (unpaired) electrons. The zero-order valence-electron chi connectivity index (χ0n) is 11.9. The van der Waals surface area contributed by atoms with Gasteiger partial charge in [0.15, 0.2) is 0 Å². The van der Waals surface area contributed by atoms with Crippen LogP contribution in [0.15, 0.2) is 16.6 Å². The summed E-state index contributed by atoms with van der Waals surface area (Å²) in [6.07, 6.45) is 3.86. The van der Waals surface area contributed by atoms with E-state index in [0.717, 1.165) is 6.54 Å². The van der Waals surface area contributed by atoms with E-state index in [2.05, 4.69) is 58.8 Å². The second kappa shape index (κ2) is 4.95. The van der Waals surface area contributed by atoms with Crippen LogP contribution in [-0.2, 0) is 7.05 Å². The summed E-state index contributed by atoms with van der Waals surface area (Å²) in [5.74, 6) is 0. The van der Waals surface area contributed by atoms with Crippen LogP contribution in [0.25, 0.3) is 10.9 Å². The van der Waals surface area contributed by atoms with Crippen molar-refractivity contribution in [3.05, 3.63) is 33.4 Å². The van der Waals surface area contributed by atoms with Crippen molar-refractivity contribution in [2.24, 2.45) is 7.05 Å². The van der Waals surface area contributed by atoms with Crippen LogP contribution < -0.4 is 5.32 Å². The summed E-state index contributed by atoms with van der Waals surface area (Å²) in [4.78, 5) is 0. The standard InChI is InChI=1S/C16H21BrN2/c1-10-8-11(2)15-12(9-10)14(17)16(19(15)3)13-6-4-5-7-18-13/h8-9,13,18H,4-7H2,1-3H3. The lowest BCUT2D eigenvalue weighted by Gasteiger charge is -2.24. The molecule has 19 heavy (non-hydrogen) atoms. The minimum absolute atomic E-state index is 0.486. The van der Waals surface area contributed by atoms with Gasteiger partial charge in [-0.15, -0.1) is 0 Å². The van der Waals surface area contributed by atoms with E-state index in [4.69, 9.17) is 0 Å². The highest BCUT2D eigenvalue weighted by Gasteiger charge is 2.23. The average Bonchev–Trinajstić information content (AvgIpc) is 2.62. The second-order valence-corrected chi connectivity index (χ2v) is 6.53. The molecule has 1 aromatic heterocycles. The number of fused-ring (bicyclic) bond motifs is 1. The Balaban J connectivity index is 2.22. The molecular weight excluding hydrogens is 300 g/mol. The van der Waals surface area contributed by atoms with E-state index in [0.29, 0.717) is 6.04 Å². The molecule has 1 aromatic carbocycles. The van der Waals surface area contributed by atoms with Crippen molar-refractivity contribution >= 4 is 26.8 Å². The quantitative estimate of drug-likeness (QED) is 0.825. The fraction of sp³-hybridized carbons (Fsp3) is 0.500. The van der Waals surface area contributed by atoms with Crippen LogP contribution >= 0.6 is 15.9 Å². The zero-order valence-corrected chi connectivity index (χ0v) is 13.5. The smallest absolute Gasteiger partial charge is 0.0522 e. The summed E-state index contributed by atoms with van der Waals surface area (Å²) in [5, 5.41) is 5.01. The van der Waals surface area contributed by atoms with Crippen LogP contribution in [0.4, 0.5) is 0 Å². The fourth-order valence-electron chi connectivity index (χ4n) is 3.45. The molecule has 1 atom stereocenters. The van der Waals surface area contributed by atoms with E-state index >= 15 is 0 Å². The Bertz CT molecular complexity index is 621. The van der Waals surface area contributed by atoms with E-state index < -0.39 is 0 Å². The molecule has 1 fully saturated rings. The Morgan fingerprint density at radius 2 is 2.05 bits per heavy atom. The van der Waals surface area contributed by atoms with Crippen LogP contribution in [0, 0.1) is 13.8 Å². The first-order chi connectivity index (χ1) is 9.09. The highest BCUT2D eigenvalue weighted by Crippen LogP contribution is 2.38. The van der Waals surface area contributed by atoms with Gasteiger partial charge in [-0.25, -0.2) is 0 Å². The van der Waals surface area contributed by atoms with Gasteiger partial charge in [0.25, 0.3) is 0 Å². The van der Waals surface area contributed by atoms with Gasteiger partial charge in [-0.3, -0.25) is 0 Å². The third-order valence-electron chi connectivity index (χ3n) is 4.24. The highest BCUT2D eigenvalue weighted by atomic mass is 79.9. The number of halogens is 1.